The van der Waals surface area contributed by atoms with Gasteiger partial charge in [0.15, 0.2) is 0 Å². The van der Waals surface area contributed by atoms with E-state index in [2.05, 4.69) is 4.98 Å². The molecule has 1 aromatic heterocycles. The third-order valence-electron chi connectivity index (χ3n) is 4.15. The summed E-state index contributed by atoms with van der Waals surface area (Å²) >= 11 is 5.97. The van der Waals surface area contributed by atoms with Gasteiger partial charge in [0.2, 0.25) is 0 Å². The van der Waals surface area contributed by atoms with E-state index < -0.39 is 0 Å². The van der Waals surface area contributed by atoms with Crippen molar-refractivity contribution in [2.45, 2.75) is 19.8 Å². The lowest BCUT2D eigenvalue weighted by atomic mass is 9.96. The van der Waals surface area contributed by atoms with Gasteiger partial charge in [-0.05, 0) is 42.3 Å². The Hall–Kier alpha value is -2.26. The van der Waals surface area contributed by atoms with Crippen molar-refractivity contribution in [1.29, 1.82) is 0 Å². The van der Waals surface area contributed by atoms with E-state index in [0.717, 1.165) is 56.8 Å². The highest BCUT2D eigenvalue weighted by Gasteiger charge is 2.16. The smallest absolute Gasteiger partial charge is 0.124 e. The molecule has 0 saturated carbocycles. The number of H-pyrrole nitrogens is 1. The van der Waals surface area contributed by atoms with Gasteiger partial charge in [-0.3, -0.25) is 0 Å². The normalized spacial score (nSPS) is 10.9. The standard InChI is InChI=1S/C19H18ClNO2/c1-12-15(9-10-22)19-16(11-13-3-5-14(20)6-4-13)18(23-2)8-7-17(19)21-12/h3-8,10,21H,9,11H2,1-2H3. The zero-order valence-corrected chi connectivity index (χ0v) is 13.9. The first kappa shape index (κ1) is 15.6. The van der Waals surface area contributed by atoms with Crippen LogP contribution < -0.4 is 4.74 Å². The predicted molar refractivity (Wildman–Crippen MR) is 93.6 cm³/mol. The molecule has 2 aromatic carbocycles. The lowest BCUT2D eigenvalue weighted by Gasteiger charge is -2.12. The van der Waals surface area contributed by atoms with Gasteiger partial charge >= 0.3 is 0 Å². The first-order valence-corrected chi connectivity index (χ1v) is 7.87. The van der Waals surface area contributed by atoms with Crippen LogP contribution in [0.15, 0.2) is 36.4 Å². The number of carbonyl (C=O) groups excluding carboxylic acids is 1. The minimum absolute atomic E-state index is 0.395. The summed E-state index contributed by atoms with van der Waals surface area (Å²) in [5.41, 5.74) is 5.34. The molecule has 1 heterocycles. The van der Waals surface area contributed by atoms with Gasteiger partial charge in [-0.25, -0.2) is 0 Å². The van der Waals surface area contributed by atoms with E-state index in [4.69, 9.17) is 16.3 Å². The Morgan fingerprint density at radius 1 is 1.13 bits per heavy atom. The molecule has 0 amide bonds. The number of carbonyl (C=O) groups is 1. The monoisotopic (exact) mass is 327 g/mol. The van der Waals surface area contributed by atoms with Crippen molar-refractivity contribution < 1.29 is 9.53 Å². The molecule has 0 aliphatic carbocycles. The van der Waals surface area contributed by atoms with Gasteiger partial charge in [0, 0.05) is 40.0 Å². The number of methoxy groups -OCH3 is 1. The SMILES string of the molecule is COc1ccc2[nH]c(C)c(CC=O)c2c1Cc1ccc(Cl)cc1. The Balaban J connectivity index is 2.19. The molecular formula is C19H18ClNO2. The molecule has 0 saturated heterocycles. The second-order valence-electron chi connectivity index (χ2n) is 5.57. The Morgan fingerprint density at radius 3 is 2.52 bits per heavy atom. The van der Waals surface area contributed by atoms with E-state index in [1.807, 2.05) is 43.3 Å². The first-order valence-electron chi connectivity index (χ1n) is 7.49. The third-order valence-corrected chi connectivity index (χ3v) is 4.40. The second kappa shape index (κ2) is 6.47. The zero-order chi connectivity index (χ0) is 16.4. The van der Waals surface area contributed by atoms with Crippen molar-refractivity contribution in [3.8, 4) is 5.75 Å². The number of aryl methyl sites for hydroxylation is 1. The van der Waals surface area contributed by atoms with Crippen LogP contribution in [0.4, 0.5) is 0 Å². The second-order valence-corrected chi connectivity index (χ2v) is 6.01. The molecule has 23 heavy (non-hydrogen) atoms. The van der Waals surface area contributed by atoms with E-state index in [1.165, 1.54) is 0 Å². The fraction of sp³-hybridized carbons (Fsp3) is 0.211. The van der Waals surface area contributed by atoms with Crippen molar-refractivity contribution in [2.75, 3.05) is 7.11 Å². The van der Waals surface area contributed by atoms with Gasteiger partial charge in [0.05, 0.1) is 7.11 Å². The average Bonchev–Trinajstić information content (AvgIpc) is 2.86. The Bertz CT molecular complexity index is 850. The zero-order valence-electron chi connectivity index (χ0n) is 13.2. The van der Waals surface area contributed by atoms with Crippen LogP contribution in [0.2, 0.25) is 5.02 Å². The first-order chi connectivity index (χ1) is 11.1. The fourth-order valence-corrected chi connectivity index (χ4v) is 3.18. The Morgan fingerprint density at radius 2 is 1.87 bits per heavy atom. The highest BCUT2D eigenvalue weighted by atomic mass is 35.5. The number of hydrogen-bond donors (Lipinski definition) is 1. The van der Waals surface area contributed by atoms with E-state index in [1.54, 1.807) is 7.11 Å². The summed E-state index contributed by atoms with van der Waals surface area (Å²) in [5, 5.41) is 1.81. The number of aromatic amines is 1. The molecule has 0 spiro atoms. The third kappa shape index (κ3) is 2.97. The van der Waals surface area contributed by atoms with E-state index in [0.29, 0.717) is 6.42 Å². The highest BCUT2D eigenvalue weighted by molar-refractivity contribution is 6.30. The Kier molecular flexibility index (Phi) is 4.39. The maximum Gasteiger partial charge on any atom is 0.124 e. The molecule has 0 bridgehead atoms. The molecule has 0 unspecified atom stereocenters. The molecule has 3 aromatic rings. The molecule has 118 valence electrons. The van der Waals surface area contributed by atoms with Gasteiger partial charge in [-0.15, -0.1) is 0 Å². The maximum absolute atomic E-state index is 11.1. The number of benzene rings is 2. The van der Waals surface area contributed by atoms with E-state index in [9.17, 15) is 4.79 Å². The number of nitrogens with one attached hydrogen (secondary N) is 1. The van der Waals surface area contributed by atoms with Crippen LogP contribution in [0.1, 0.15) is 22.4 Å². The van der Waals surface area contributed by atoms with Crippen LogP contribution >= 0.6 is 11.6 Å². The van der Waals surface area contributed by atoms with Crippen LogP contribution in [-0.4, -0.2) is 18.4 Å². The molecule has 0 aliphatic rings. The lowest BCUT2D eigenvalue weighted by molar-refractivity contribution is -0.107. The number of ether oxygens (including phenoxy) is 1. The molecular weight excluding hydrogens is 310 g/mol. The van der Waals surface area contributed by atoms with Gasteiger partial charge in [0.1, 0.15) is 12.0 Å². The number of aldehydes is 1. The van der Waals surface area contributed by atoms with E-state index in [-0.39, 0.29) is 0 Å². The van der Waals surface area contributed by atoms with Gasteiger partial charge in [0.25, 0.3) is 0 Å². The van der Waals surface area contributed by atoms with Crippen molar-refractivity contribution in [1.82, 2.24) is 4.98 Å². The predicted octanol–water partition coefficient (Wildman–Crippen LogP) is 4.47. The molecule has 1 N–H and O–H groups in total. The summed E-state index contributed by atoms with van der Waals surface area (Å²) in [5.74, 6) is 0.832. The minimum Gasteiger partial charge on any atom is -0.496 e. The van der Waals surface area contributed by atoms with Crippen LogP contribution in [0.25, 0.3) is 10.9 Å². The van der Waals surface area contributed by atoms with Crippen molar-refractivity contribution in [2.24, 2.45) is 0 Å². The quantitative estimate of drug-likeness (QED) is 0.702. The minimum atomic E-state index is 0.395. The summed E-state index contributed by atoms with van der Waals surface area (Å²) in [6.07, 6.45) is 2.06. The Labute approximate surface area is 140 Å². The number of rotatable bonds is 5. The number of fused-ring (bicyclic) bond motifs is 1. The van der Waals surface area contributed by atoms with Crippen LogP contribution in [0.5, 0.6) is 5.75 Å². The molecule has 3 nitrogen and oxygen atoms in total. The van der Waals surface area contributed by atoms with Gasteiger partial charge in [-0.2, -0.15) is 0 Å². The largest absolute Gasteiger partial charge is 0.496 e. The molecule has 0 atom stereocenters. The topological polar surface area (TPSA) is 42.1 Å². The van der Waals surface area contributed by atoms with Crippen LogP contribution in [0.3, 0.4) is 0 Å². The summed E-state index contributed by atoms with van der Waals surface area (Å²) < 4.78 is 5.56. The summed E-state index contributed by atoms with van der Waals surface area (Å²) in [6.45, 7) is 2.00. The highest BCUT2D eigenvalue weighted by Crippen LogP contribution is 2.34. The van der Waals surface area contributed by atoms with Crippen LogP contribution in [-0.2, 0) is 17.6 Å². The van der Waals surface area contributed by atoms with E-state index >= 15 is 0 Å². The molecule has 0 aliphatic heterocycles. The maximum atomic E-state index is 11.1. The van der Waals surface area contributed by atoms with Crippen molar-refractivity contribution >= 4 is 28.8 Å². The average molecular weight is 328 g/mol. The molecule has 0 fully saturated rings. The number of halogens is 1. The lowest BCUT2D eigenvalue weighted by Crippen LogP contribution is -1.97. The molecule has 3 rings (SSSR count). The fourth-order valence-electron chi connectivity index (χ4n) is 3.05. The van der Waals surface area contributed by atoms with Crippen molar-refractivity contribution in [3.05, 3.63) is 63.8 Å². The molecule has 0 radical (unpaired) electrons. The number of aromatic nitrogens is 1. The molecule has 4 heteroatoms. The van der Waals surface area contributed by atoms with Crippen molar-refractivity contribution in [3.63, 3.8) is 0 Å². The summed E-state index contributed by atoms with van der Waals surface area (Å²) in [4.78, 5) is 14.4. The van der Waals surface area contributed by atoms with Gasteiger partial charge in [-0.1, -0.05) is 23.7 Å². The van der Waals surface area contributed by atoms with Gasteiger partial charge < -0.3 is 14.5 Å². The van der Waals surface area contributed by atoms with Crippen LogP contribution in [0, 0.1) is 6.92 Å². The summed E-state index contributed by atoms with van der Waals surface area (Å²) in [7, 11) is 1.67. The summed E-state index contributed by atoms with van der Waals surface area (Å²) in [6, 6.07) is 11.8. The number of hydrogen-bond acceptors (Lipinski definition) is 2.